The van der Waals surface area contributed by atoms with Crippen LogP contribution in [0.4, 0.5) is 0 Å². The summed E-state index contributed by atoms with van der Waals surface area (Å²) < 4.78 is 10.5. The summed E-state index contributed by atoms with van der Waals surface area (Å²) in [7, 11) is 3.22. The minimum absolute atomic E-state index is 0.533. The Morgan fingerprint density at radius 2 is 2.00 bits per heavy atom. The fourth-order valence-electron chi connectivity index (χ4n) is 3.71. The average Bonchev–Trinajstić information content (AvgIpc) is 3.17. The predicted octanol–water partition coefficient (Wildman–Crippen LogP) is 2.54. The van der Waals surface area contributed by atoms with E-state index in [0.29, 0.717) is 18.0 Å². The Balaban J connectivity index is 1.51. The minimum atomic E-state index is -0.533. The second-order valence-corrected chi connectivity index (χ2v) is 6.33. The smallest absolute Gasteiger partial charge is 0.161 e. The molecule has 0 heterocycles. The summed E-state index contributed by atoms with van der Waals surface area (Å²) in [6.07, 6.45) is 6.81. The standard InChI is InChI=1S/C18H25NO3/c1-21-17-6-5-14(9-18(17)22-2)16(20)11-19-10-15-8-12-3-4-13(15)7-12/h3-6,9,12-13,15-16,19-20H,7-8,10-11H2,1-2H3/t12-,13-,15+,16+/m0/s1. The van der Waals surface area contributed by atoms with Crippen molar-refractivity contribution in [1.82, 2.24) is 5.32 Å². The molecule has 0 unspecified atom stereocenters. The fourth-order valence-corrected chi connectivity index (χ4v) is 3.71. The summed E-state index contributed by atoms with van der Waals surface area (Å²) >= 11 is 0. The van der Waals surface area contributed by atoms with E-state index in [1.807, 2.05) is 18.2 Å². The summed E-state index contributed by atoms with van der Waals surface area (Å²) in [5, 5.41) is 13.8. The molecule has 0 amide bonds. The van der Waals surface area contributed by atoms with Gasteiger partial charge < -0.3 is 19.9 Å². The molecule has 0 aliphatic heterocycles. The molecule has 0 saturated heterocycles. The number of aliphatic hydroxyl groups is 1. The number of hydrogen-bond donors (Lipinski definition) is 2. The number of allylic oxidation sites excluding steroid dienone is 2. The van der Waals surface area contributed by atoms with Crippen LogP contribution in [0.5, 0.6) is 11.5 Å². The summed E-state index contributed by atoms with van der Waals surface area (Å²) in [6, 6.07) is 5.55. The first kappa shape index (κ1) is 15.4. The van der Waals surface area contributed by atoms with Gasteiger partial charge in [0.15, 0.2) is 11.5 Å². The monoisotopic (exact) mass is 303 g/mol. The van der Waals surface area contributed by atoms with E-state index in [0.717, 1.165) is 29.9 Å². The lowest BCUT2D eigenvalue weighted by Gasteiger charge is -2.20. The largest absolute Gasteiger partial charge is 0.493 e. The second kappa shape index (κ2) is 6.71. The zero-order valence-corrected chi connectivity index (χ0v) is 13.3. The molecule has 1 aromatic rings. The molecular weight excluding hydrogens is 278 g/mol. The van der Waals surface area contributed by atoms with Gasteiger partial charge in [0.1, 0.15) is 0 Å². The van der Waals surface area contributed by atoms with Crippen LogP contribution in [0.2, 0.25) is 0 Å². The van der Waals surface area contributed by atoms with E-state index in [-0.39, 0.29) is 0 Å². The first-order chi connectivity index (χ1) is 10.7. The van der Waals surface area contributed by atoms with Gasteiger partial charge in [0.2, 0.25) is 0 Å². The van der Waals surface area contributed by atoms with Gasteiger partial charge >= 0.3 is 0 Å². The second-order valence-electron chi connectivity index (χ2n) is 6.33. The van der Waals surface area contributed by atoms with Gasteiger partial charge in [-0.25, -0.2) is 0 Å². The zero-order chi connectivity index (χ0) is 15.5. The van der Waals surface area contributed by atoms with Gasteiger partial charge in [-0.05, 0) is 54.8 Å². The van der Waals surface area contributed by atoms with Gasteiger partial charge in [-0.15, -0.1) is 0 Å². The molecule has 0 spiro atoms. The zero-order valence-electron chi connectivity index (χ0n) is 13.3. The van der Waals surface area contributed by atoms with Crippen LogP contribution in [-0.2, 0) is 0 Å². The number of hydrogen-bond acceptors (Lipinski definition) is 4. The van der Waals surface area contributed by atoms with E-state index >= 15 is 0 Å². The number of rotatable bonds is 7. The SMILES string of the molecule is COc1ccc([C@H](O)CNC[C@H]2C[C@H]3C=C[C@H]2C3)cc1OC. The quantitative estimate of drug-likeness (QED) is 0.760. The lowest BCUT2D eigenvalue weighted by atomic mass is 9.93. The highest BCUT2D eigenvalue weighted by Crippen LogP contribution is 2.43. The Labute approximate surface area is 132 Å². The van der Waals surface area contributed by atoms with Crippen molar-refractivity contribution in [1.29, 1.82) is 0 Å². The first-order valence-corrected chi connectivity index (χ1v) is 8.00. The number of fused-ring (bicyclic) bond motifs is 2. The number of methoxy groups -OCH3 is 2. The van der Waals surface area contributed by atoms with Crippen molar-refractivity contribution in [2.75, 3.05) is 27.3 Å². The van der Waals surface area contributed by atoms with Gasteiger partial charge in [-0.2, -0.15) is 0 Å². The van der Waals surface area contributed by atoms with E-state index in [2.05, 4.69) is 17.5 Å². The molecule has 0 aromatic heterocycles. The number of nitrogens with one attached hydrogen (secondary N) is 1. The van der Waals surface area contributed by atoms with Crippen LogP contribution in [0.1, 0.15) is 24.5 Å². The van der Waals surface area contributed by atoms with E-state index in [1.165, 1.54) is 12.8 Å². The Morgan fingerprint density at radius 1 is 1.18 bits per heavy atom. The van der Waals surface area contributed by atoms with Gasteiger partial charge in [-0.1, -0.05) is 18.2 Å². The lowest BCUT2D eigenvalue weighted by molar-refractivity contribution is 0.171. The normalized spacial score (nSPS) is 27.1. The fraction of sp³-hybridized carbons (Fsp3) is 0.556. The van der Waals surface area contributed by atoms with Crippen LogP contribution >= 0.6 is 0 Å². The van der Waals surface area contributed by atoms with Crippen LogP contribution in [0.15, 0.2) is 30.4 Å². The molecule has 2 aliphatic rings. The van der Waals surface area contributed by atoms with Crippen LogP contribution in [0.3, 0.4) is 0 Å². The van der Waals surface area contributed by atoms with Crippen molar-refractivity contribution in [3.05, 3.63) is 35.9 Å². The summed E-state index contributed by atoms with van der Waals surface area (Å²) in [6.45, 7) is 1.54. The molecular formula is C18H25NO3. The maximum Gasteiger partial charge on any atom is 0.161 e. The number of ether oxygens (including phenoxy) is 2. The third-order valence-corrected chi connectivity index (χ3v) is 4.95. The van der Waals surface area contributed by atoms with Crippen LogP contribution in [-0.4, -0.2) is 32.4 Å². The van der Waals surface area contributed by atoms with Crippen molar-refractivity contribution >= 4 is 0 Å². The maximum atomic E-state index is 10.3. The van der Waals surface area contributed by atoms with Crippen molar-refractivity contribution in [3.63, 3.8) is 0 Å². The van der Waals surface area contributed by atoms with Crippen LogP contribution in [0, 0.1) is 17.8 Å². The third-order valence-electron chi connectivity index (χ3n) is 4.95. The topological polar surface area (TPSA) is 50.7 Å². The van der Waals surface area contributed by atoms with Gasteiger partial charge in [0.05, 0.1) is 20.3 Å². The Bertz CT molecular complexity index is 543. The van der Waals surface area contributed by atoms with E-state index in [9.17, 15) is 5.11 Å². The van der Waals surface area contributed by atoms with Gasteiger partial charge in [0.25, 0.3) is 0 Å². The Morgan fingerprint density at radius 3 is 2.64 bits per heavy atom. The molecule has 1 saturated carbocycles. The molecule has 2 N–H and O–H groups in total. The van der Waals surface area contributed by atoms with E-state index in [1.54, 1.807) is 14.2 Å². The Kier molecular flexibility index (Phi) is 4.69. The Hall–Kier alpha value is -1.52. The van der Waals surface area contributed by atoms with Crippen molar-refractivity contribution in [3.8, 4) is 11.5 Å². The first-order valence-electron chi connectivity index (χ1n) is 8.00. The maximum absolute atomic E-state index is 10.3. The molecule has 4 atom stereocenters. The molecule has 1 aromatic carbocycles. The third kappa shape index (κ3) is 3.13. The molecule has 2 aliphatic carbocycles. The lowest BCUT2D eigenvalue weighted by Crippen LogP contribution is -2.29. The van der Waals surface area contributed by atoms with Crippen molar-refractivity contribution in [2.24, 2.45) is 17.8 Å². The number of benzene rings is 1. The highest BCUT2D eigenvalue weighted by molar-refractivity contribution is 5.43. The number of aliphatic hydroxyl groups excluding tert-OH is 1. The molecule has 120 valence electrons. The van der Waals surface area contributed by atoms with Gasteiger partial charge in [-0.3, -0.25) is 0 Å². The molecule has 3 rings (SSSR count). The van der Waals surface area contributed by atoms with Crippen LogP contribution < -0.4 is 14.8 Å². The molecule has 1 fully saturated rings. The summed E-state index contributed by atoms with van der Waals surface area (Å²) in [5.74, 6) is 3.60. The molecule has 0 radical (unpaired) electrons. The highest BCUT2D eigenvalue weighted by Gasteiger charge is 2.35. The molecule has 4 nitrogen and oxygen atoms in total. The van der Waals surface area contributed by atoms with Crippen molar-refractivity contribution in [2.45, 2.75) is 18.9 Å². The van der Waals surface area contributed by atoms with E-state index < -0.39 is 6.10 Å². The van der Waals surface area contributed by atoms with Crippen molar-refractivity contribution < 1.29 is 14.6 Å². The molecule has 2 bridgehead atoms. The highest BCUT2D eigenvalue weighted by atomic mass is 16.5. The predicted molar refractivity (Wildman–Crippen MR) is 86.2 cm³/mol. The molecule has 22 heavy (non-hydrogen) atoms. The van der Waals surface area contributed by atoms with Crippen LogP contribution in [0.25, 0.3) is 0 Å². The minimum Gasteiger partial charge on any atom is -0.493 e. The summed E-state index contributed by atoms with van der Waals surface area (Å²) in [4.78, 5) is 0. The van der Waals surface area contributed by atoms with Gasteiger partial charge in [0, 0.05) is 6.54 Å². The summed E-state index contributed by atoms with van der Waals surface area (Å²) in [5.41, 5.74) is 0.845. The average molecular weight is 303 g/mol. The van der Waals surface area contributed by atoms with E-state index in [4.69, 9.17) is 9.47 Å². The molecule has 4 heteroatoms.